The molecule has 1 aromatic rings. The topological polar surface area (TPSA) is 32.3 Å². The quantitative estimate of drug-likeness (QED) is 0.818. The van der Waals surface area contributed by atoms with Gasteiger partial charge in [-0.2, -0.15) is 0 Å². The lowest BCUT2D eigenvalue weighted by Crippen LogP contribution is -2.27. The van der Waals surface area contributed by atoms with Crippen LogP contribution in [0.25, 0.3) is 0 Å². The normalized spacial score (nSPS) is 25.5. The Hall–Kier alpha value is -0.800. The van der Waals surface area contributed by atoms with Crippen molar-refractivity contribution in [2.45, 2.75) is 31.4 Å². The molecular weight excluding hydrogens is 217 g/mol. The predicted octanol–water partition coefficient (Wildman–Crippen LogP) is 2.80. The molecule has 0 spiro atoms. The second-order valence-corrected chi connectivity index (χ2v) is 4.34. The first-order chi connectivity index (χ1) is 7.15. The maximum atomic E-state index is 13.0. The minimum atomic E-state index is -0.363. The van der Waals surface area contributed by atoms with Gasteiger partial charge >= 0.3 is 0 Å². The smallest absolute Gasteiger partial charge is 0.126 e. The van der Waals surface area contributed by atoms with E-state index in [-0.39, 0.29) is 18.0 Å². The number of anilines is 1. The van der Waals surface area contributed by atoms with Crippen molar-refractivity contribution in [3.63, 3.8) is 0 Å². The monoisotopic (exact) mass is 229 g/mol. The van der Waals surface area contributed by atoms with Gasteiger partial charge in [0.25, 0.3) is 0 Å². The van der Waals surface area contributed by atoms with Crippen molar-refractivity contribution in [3.05, 3.63) is 29.0 Å². The maximum absolute atomic E-state index is 13.0. The third-order valence-electron chi connectivity index (χ3n) is 2.69. The third kappa shape index (κ3) is 2.61. The Morgan fingerprint density at radius 3 is 2.73 bits per heavy atom. The Kier molecular flexibility index (Phi) is 3.12. The summed E-state index contributed by atoms with van der Waals surface area (Å²) in [6.07, 6.45) is 2.38. The van der Waals surface area contributed by atoms with Gasteiger partial charge in [0, 0.05) is 10.7 Å². The molecular formula is C11H13ClFNO. The molecule has 2 unspecified atom stereocenters. The highest BCUT2D eigenvalue weighted by Gasteiger charge is 2.24. The van der Waals surface area contributed by atoms with E-state index >= 15 is 0 Å². The van der Waals surface area contributed by atoms with Crippen molar-refractivity contribution in [1.29, 1.82) is 0 Å². The van der Waals surface area contributed by atoms with Crippen LogP contribution in [0.1, 0.15) is 19.3 Å². The number of benzene rings is 1. The molecule has 1 aromatic carbocycles. The fourth-order valence-corrected chi connectivity index (χ4v) is 2.18. The zero-order valence-corrected chi connectivity index (χ0v) is 8.97. The molecule has 15 heavy (non-hydrogen) atoms. The molecule has 1 fully saturated rings. The summed E-state index contributed by atoms with van der Waals surface area (Å²) in [5.74, 6) is -0.363. The van der Waals surface area contributed by atoms with Crippen LogP contribution >= 0.6 is 11.6 Å². The number of aliphatic hydroxyl groups is 1. The molecule has 0 amide bonds. The van der Waals surface area contributed by atoms with E-state index < -0.39 is 0 Å². The number of hydrogen-bond acceptors (Lipinski definition) is 2. The Balaban J connectivity index is 2.10. The van der Waals surface area contributed by atoms with E-state index in [1.807, 2.05) is 0 Å². The van der Waals surface area contributed by atoms with Gasteiger partial charge < -0.3 is 10.4 Å². The summed E-state index contributed by atoms with van der Waals surface area (Å²) >= 11 is 5.73. The fraction of sp³-hybridized carbons (Fsp3) is 0.455. The highest BCUT2D eigenvalue weighted by Crippen LogP contribution is 2.25. The van der Waals surface area contributed by atoms with Crippen molar-refractivity contribution < 1.29 is 9.50 Å². The molecule has 2 rings (SSSR count). The third-order valence-corrected chi connectivity index (χ3v) is 2.91. The molecule has 2 N–H and O–H groups in total. The van der Waals surface area contributed by atoms with E-state index in [1.165, 1.54) is 12.1 Å². The first-order valence-electron chi connectivity index (χ1n) is 5.06. The number of rotatable bonds is 2. The van der Waals surface area contributed by atoms with Gasteiger partial charge in [0.15, 0.2) is 0 Å². The van der Waals surface area contributed by atoms with Crippen LogP contribution in [0, 0.1) is 5.82 Å². The van der Waals surface area contributed by atoms with Gasteiger partial charge in [-0.05, 0) is 37.5 Å². The van der Waals surface area contributed by atoms with Gasteiger partial charge in [0.1, 0.15) is 5.82 Å². The Morgan fingerprint density at radius 1 is 1.33 bits per heavy atom. The highest BCUT2D eigenvalue weighted by atomic mass is 35.5. The molecule has 0 radical (unpaired) electrons. The van der Waals surface area contributed by atoms with Crippen LogP contribution < -0.4 is 5.32 Å². The Morgan fingerprint density at radius 2 is 2.13 bits per heavy atom. The molecule has 2 atom stereocenters. The molecule has 0 saturated heterocycles. The molecule has 2 nitrogen and oxygen atoms in total. The van der Waals surface area contributed by atoms with Crippen LogP contribution in [0.15, 0.2) is 18.2 Å². The van der Waals surface area contributed by atoms with Crippen LogP contribution in [0.2, 0.25) is 5.02 Å². The van der Waals surface area contributed by atoms with Gasteiger partial charge in [-0.25, -0.2) is 4.39 Å². The first kappa shape index (κ1) is 10.7. The molecule has 1 aliphatic rings. The largest absolute Gasteiger partial charge is 0.391 e. The van der Waals surface area contributed by atoms with Crippen LogP contribution in [-0.4, -0.2) is 17.3 Å². The van der Waals surface area contributed by atoms with Gasteiger partial charge in [-0.15, -0.1) is 0 Å². The summed E-state index contributed by atoms with van der Waals surface area (Å²) < 4.78 is 13.0. The summed E-state index contributed by atoms with van der Waals surface area (Å²) in [6, 6.07) is 4.33. The summed E-state index contributed by atoms with van der Waals surface area (Å²) in [7, 11) is 0. The summed E-state index contributed by atoms with van der Waals surface area (Å²) in [5.41, 5.74) is 0.631. The van der Waals surface area contributed by atoms with E-state index in [9.17, 15) is 9.50 Å². The predicted molar refractivity (Wildman–Crippen MR) is 58.7 cm³/mol. The van der Waals surface area contributed by atoms with E-state index in [2.05, 4.69) is 5.32 Å². The maximum Gasteiger partial charge on any atom is 0.126 e. The lowest BCUT2D eigenvalue weighted by atomic mass is 10.2. The van der Waals surface area contributed by atoms with Gasteiger partial charge in [0.2, 0.25) is 0 Å². The number of aliphatic hydroxyl groups excluding tert-OH is 1. The SMILES string of the molecule is OC1CCCC1Nc1cc(F)cc(Cl)c1. The number of halogens is 2. The van der Waals surface area contributed by atoms with E-state index in [1.54, 1.807) is 6.07 Å². The molecule has 82 valence electrons. The van der Waals surface area contributed by atoms with Crippen LogP contribution in [0.5, 0.6) is 0 Å². The average Bonchev–Trinajstić information content (AvgIpc) is 2.50. The average molecular weight is 230 g/mol. The van der Waals surface area contributed by atoms with Gasteiger partial charge in [-0.3, -0.25) is 0 Å². The van der Waals surface area contributed by atoms with Gasteiger partial charge in [0.05, 0.1) is 12.1 Å². The summed E-state index contributed by atoms with van der Waals surface area (Å²) in [4.78, 5) is 0. The molecule has 0 aromatic heterocycles. The Labute approximate surface area is 93.1 Å². The zero-order chi connectivity index (χ0) is 10.8. The minimum Gasteiger partial charge on any atom is -0.391 e. The highest BCUT2D eigenvalue weighted by molar-refractivity contribution is 6.30. The standard InChI is InChI=1S/C11H13ClFNO/c12-7-4-8(13)6-9(5-7)14-10-2-1-3-11(10)15/h4-6,10-11,14-15H,1-3H2. The van der Waals surface area contributed by atoms with Crippen molar-refractivity contribution in [2.24, 2.45) is 0 Å². The van der Waals surface area contributed by atoms with Crippen molar-refractivity contribution in [1.82, 2.24) is 0 Å². The molecule has 0 bridgehead atoms. The van der Waals surface area contributed by atoms with Crippen LogP contribution in [0.4, 0.5) is 10.1 Å². The van der Waals surface area contributed by atoms with Crippen molar-refractivity contribution >= 4 is 17.3 Å². The molecule has 1 aliphatic carbocycles. The fourth-order valence-electron chi connectivity index (χ4n) is 1.96. The Bertz CT molecular complexity index is 338. The zero-order valence-electron chi connectivity index (χ0n) is 8.21. The minimum absolute atomic E-state index is 0.0165. The molecule has 4 heteroatoms. The van der Waals surface area contributed by atoms with Crippen molar-refractivity contribution in [3.8, 4) is 0 Å². The van der Waals surface area contributed by atoms with E-state index in [0.717, 1.165) is 19.3 Å². The van der Waals surface area contributed by atoms with Crippen LogP contribution in [0.3, 0.4) is 0 Å². The number of hydrogen-bond donors (Lipinski definition) is 2. The van der Waals surface area contributed by atoms with Crippen molar-refractivity contribution in [2.75, 3.05) is 5.32 Å². The van der Waals surface area contributed by atoms with E-state index in [0.29, 0.717) is 10.7 Å². The molecule has 0 aliphatic heterocycles. The first-order valence-corrected chi connectivity index (χ1v) is 5.43. The van der Waals surface area contributed by atoms with Crippen LogP contribution in [-0.2, 0) is 0 Å². The molecule has 1 saturated carbocycles. The molecule has 0 heterocycles. The van der Waals surface area contributed by atoms with E-state index in [4.69, 9.17) is 11.6 Å². The second-order valence-electron chi connectivity index (χ2n) is 3.91. The lowest BCUT2D eigenvalue weighted by molar-refractivity contribution is 0.172. The lowest BCUT2D eigenvalue weighted by Gasteiger charge is -2.17. The number of nitrogens with one attached hydrogen (secondary N) is 1. The summed E-state index contributed by atoms with van der Waals surface area (Å²) in [6.45, 7) is 0. The second kappa shape index (κ2) is 4.37. The summed E-state index contributed by atoms with van der Waals surface area (Å²) in [5, 5.41) is 13.1. The van der Waals surface area contributed by atoms with Gasteiger partial charge in [-0.1, -0.05) is 11.6 Å².